The molecule has 0 radical (unpaired) electrons. The number of rotatable bonds is 4. The summed E-state index contributed by atoms with van der Waals surface area (Å²) in [6.07, 6.45) is 3.66. The van der Waals surface area contributed by atoms with Gasteiger partial charge >= 0.3 is 5.97 Å². The van der Waals surface area contributed by atoms with Gasteiger partial charge in [0.1, 0.15) is 0 Å². The zero-order valence-corrected chi connectivity index (χ0v) is 11.0. The molecule has 0 aliphatic rings. The number of aliphatic carboxylic acids is 1. The molecule has 20 heavy (non-hydrogen) atoms. The number of aromatic nitrogens is 1. The summed E-state index contributed by atoms with van der Waals surface area (Å²) in [6, 6.07) is 11.2. The number of hydrogen-bond acceptors (Lipinski definition) is 3. The van der Waals surface area contributed by atoms with Crippen molar-refractivity contribution in [1.82, 2.24) is 4.98 Å². The quantitative estimate of drug-likeness (QED) is 0.837. The Labute approximate surface area is 117 Å². The summed E-state index contributed by atoms with van der Waals surface area (Å²) >= 11 is 0. The van der Waals surface area contributed by atoms with Crippen LogP contribution in [0.15, 0.2) is 48.7 Å². The fourth-order valence-electron chi connectivity index (χ4n) is 1.80. The van der Waals surface area contributed by atoms with Crippen molar-refractivity contribution in [1.29, 1.82) is 0 Å². The van der Waals surface area contributed by atoms with E-state index in [-0.39, 0.29) is 0 Å². The molecule has 4 heteroatoms. The summed E-state index contributed by atoms with van der Waals surface area (Å²) in [7, 11) is 0. The molecule has 2 rings (SSSR count). The van der Waals surface area contributed by atoms with Crippen molar-refractivity contribution < 1.29 is 15.0 Å². The van der Waals surface area contributed by atoms with Gasteiger partial charge in [-0.25, -0.2) is 4.79 Å². The monoisotopic (exact) mass is 269 g/mol. The first-order valence-electron chi connectivity index (χ1n) is 6.22. The highest BCUT2D eigenvalue weighted by Gasteiger charge is 2.04. The Morgan fingerprint density at radius 3 is 2.70 bits per heavy atom. The third-order valence-corrected chi connectivity index (χ3v) is 2.87. The predicted octanol–water partition coefficient (Wildman–Crippen LogP) is 2.90. The van der Waals surface area contributed by atoms with E-state index in [0.29, 0.717) is 0 Å². The van der Waals surface area contributed by atoms with Crippen LogP contribution in [0.1, 0.15) is 24.2 Å². The van der Waals surface area contributed by atoms with Gasteiger partial charge in [-0.15, -0.1) is 0 Å². The van der Waals surface area contributed by atoms with Crippen molar-refractivity contribution in [2.24, 2.45) is 0 Å². The van der Waals surface area contributed by atoms with Gasteiger partial charge < -0.3 is 10.2 Å². The smallest absolute Gasteiger partial charge is 0.328 e. The highest BCUT2D eigenvalue weighted by Crippen LogP contribution is 2.21. The molecule has 0 unspecified atom stereocenters. The normalized spacial score (nSPS) is 12.5. The van der Waals surface area contributed by atoms with Gasteiger partial charge in [0, 0.05) is 17.8 Å². The van der Waals surface area contributed by atoms with Crippen molar-refractivity contribution in [3.63, 3.8) is 0 Å². The van der Waals surface area contributed by atoms with Crippen LogP contribution in [-0.4, -0.2) is 21.2 Å². The van der Waals surface area contributed by atoms with Crippen molar-refractivity contribution in [2.75, 3.05) is 0 Å². The predicted molar refractivity (Wildman–Crippen MR) is 77.0 cm³/mol. The number of nitrogens with zero attached hydrogens (tertiary/aromatic N) is 1. The number of pyridine rings is 1. The molecular weight excluding hydrogens is 254 g/mol. The molecule has 0 spiro atoms. The first-order chi connectivity index (χ1) is 9.56. The summed E-state index contributed by atoms with van der Waals surface area (Å²) in [5, 5.41) is 18.1. The summed E-state index contributed by atoms with van der Waals surface area (Å²) < 4.78 is 0. The molecule has 0 aliphatic carbocycles. The Morgan fingerprint density at radius 2 is 2.10 bits per heavy atom. The van der Waals surface area contributed by atoms with Crippen molar-refractivity contribution >= 4 is 12.0 Å². The van der Waals surface area contributed by atoms with E-state index in [1.165, 1.54) is 6.08 Å². The average molecular weight is 269 g/mol. The van der Waals surface area contributed by atoms with Crippen LogP contribution in [0.25, 0.3) is 17.3 Å². The maximum Gasteiger partial charge on any atom is 0.328 e. The van der Waals surface area contributed by atoms with E-state index in [4.69, 9.17) is 5.11 Å². The number of benzene rings is 1. The molecule has 0 fully saturated rings. The number of carboxylic acid groups (broad SMARTS) is 1. The zero-order valence-electron chi connectivity index (χ0n) is 11.0. The minimum Gasteiger partial charge on any atom is -0.478 e. The molecule has 0 amide bonds. The van der Waals surface area contributed by atoms with Gasteiger partial charge in [0.2, 0.25) is 0 Å². The Kier molecular flexibility index (Phi) is 4.27. The summed E-state index contributed by atoms with van der Waals surface area (Å²) in [5.41, 5.74) is 3.25. The third kappa shape index (κ3) is 3.52. The zero-order chi connectivity index (χ0) is 14.5. The molecule has 1 atom stereocenters. The minimum atomic E-state index is -0.987. The van der Waals surface area contributed by atoms with Gasteiger partial charge in [-0.1, -0.05) is 24.3 Å². The Balaban J connectivity index is 2.26. The molecule has 0 saturated heterocycles. The number of aliphatic hydroxyl groups is 1. The summed E-state index contributed by atoms with van der Waals surface area (Å²) in [4.78, 5) is 14.7. The van der Waals surface area contributed by atoms with Crippen LogP contribution in [0.3, 0.4) is 0 Å². The number of carboxylic acids is 1. The second-order valence-corrected chi connectivity index (χ2v) is 4.45. The number of carbonyl (C=O) groups is 1. The second kappa shape index (κ2) is 6.12. The largest absolute Gasteiger partial charge is 0.478 e. The lowest BCUT2D eigenvalue weighted by atomic mass is 10.0. The van der Waals surface area contributed by atoms with Gasteiger partial charge in [-0.05, 0) is 36.3 Å². The standard InChI is InChI=1S/C16H15NO3/c1-11(18)13-3-2-4-14(9-13)15-7-5-12(10-17-15)6-8-16(19)20/h2-11,18H,1H3,(H,19,20)/t11-/m1/s1. The molecule has 2 N–H and O–H groups in total. The molecule has 0 saturated carbocycles. The lowest BCUT2D eigenvalue weighted by Gasteiger charge is -2.07. The highest BCUT2D eigenvalue weighted by atomic mass is 16.4. The number of hydrogen-bond donors (Lipinski definition) is 2. The molecule has 0 bridgehead atoms. The van der Waals surface area contributed by atoms with Crippen LogP contribution >= 0.6 is 0 Å². The third-order valence-electron chi connectivity index (χ3n) is 2.87. The fourth-order valence-corrected chi connectivity index (χ4v) is 1.80. The first kappa shape index (κ1) is 14.0. The SMILES string of the molecule is C[C@@H](O)c1cccc(-c2ccc(C=CC(=O)O)cn2)c1. The maximum atomic E-state index is 10.4. The van der Waals surface area contributed by atoms with Gasteiger partial charge in [0.15, 0.2) is 0 Å². The van der Waals surface area contributed by atoms with E-state index in [1.807, 2.05) is 30.3 Å². The number of aliphatic hydroxyl groups excluding tert-OH is 1. The molecule has 1 heterocycles. The van der Waals surface area contributed by atoms with Gasteiger partial charge in [-0.3, -0.25) is 4.98 Å². The van der Waals surface area contributed by atoms with E-state index >= 15 is 0 Å². The Morgan fingerprint density at radius 1 is 1.30 bits per heavy atom. The Bertz CT molecular complexity index is 630. The van der Waals surface area contributed by atoms with Crippen LogP contribution in [0, 0.1) is 0 Å². The van der Waals surface area contributed by atoms with Gasteiger partial charge in [0.25, 0.3) is 0 Å². The van der Waals surface area contributed by atoms with E-state index in [2.05, 4.69) is 4.98 Å². The summed E-state index contributed by atoms with van der Waals surface area (Å²) in [5.74, 6) is -0.987. The molecule has 1 aromatic heterocycles. The van der Waals surface area contributed by atoms with E-state index in [9.17, 15) is 9.90 Å². The van der Waals surface area contributed by atoms with E-state index < -0.39 is 12.1 Å². The Hall–Kier alpha value is -2.46. The summed E-state index contributed by atoms with van der Waals surface area (Å²) in [6.45, 7) is 1.71. The molecule has 4 nitrogen and oxygen atoms in total. The molecule has 1 aromatic carbocycles. The molecular formula is C16H15NO3. The topological polar surface area (TPSA) is 70.4 Å². The average Bonchev–Trinajstić information content (AvgIpc) is 2.46. The van der Waals surface area contributed by atoms with Crippen molar-refractivity contribution in [3.8, 4) is 11.3 Å². The van der Waals surface area contributed by atoms with Crippen LogP contribution < -0.4 is 0 Å². The lowest BCUT2D eigenvalue weighted by molar-refractivity contribution is -0.131. The van der Waals surface area contributed by atoms with Crippen molar-refractivity contribution in [2.45, 2.75) is 13.0 Å². The fraction of sp³-hybridized carbons (Fsp3) is 0.125. The van der Waals surface area contributed by atoms with Crippen LogP contribution in [0.5, 0.6) is 0 Å². The van der Waals surface area contributed by atoms with E-state index in [0.717, 1.165) is 28.5 Å². The highest BCUT2D eigenvalue weighted by molar-refractivity contribution is 5.85. The molecule has 102 valence electrons. The van der Waals surface area contributed by atoms with Crippen LogP contribution in [0.4, 0.5) is 0 Å². The van der Waals surface area contributed by atoms with Crippen molar-refractivity contribution in [3.05, 3.63) is 59.8 Å². The second-order valence-electron chi connectivity index (χ2n) is 4.45. The molecule has 2 aromatic rings. The minimum absolute atomic E-state index is 0.521. The van der Waals surface area contributed by atoms with Crippen LogP contribution in [-0.2, 0) is 4.79 Å². The van der Waals surface area contributed by atoms with Gasteiger partial charge in [-0.2, -0.15) is 0 Å². The van der Waals surface area contributed by atoms with Crippen LogP contribution in [0.2, 0.25) is 0 Å². The molecule has 0 aliphatic heterocycles. The van der Waals surface area contributed by atoms with E-state index in [1.54, 1.807) is 19.2 Å². The van der Waals surface area contributed by atoms with Gasteiger partial charge in [0.05, 0.1) is 11.8 Å². The maximum absolute atomic E-state index is 10.4. The first-order valence-corrected chi connectivity index (χ1v) is 6.22. The lowest BCUT2D eigenvalue weighted by Crippen LogP contribution is -1.92.